The molecular formula is C19H31NO5. The summed E-state index contributed by atoms with van der Waals surface area (Å²) in [7, 11) is 4.87. The molecule has 2 atom stereocenters. The van der Waals surface area contributed by atoms with Crippen LogP contribution < -0.4 is 19.9 Å². The zero-order valence-electron chi connectivity index (χ0n) is 15.7. The smallest absolute Gasteiger partial charge is 0.307 e. The average Bonchev–Trinajstić information content (AvgIpc) is 2.63. The largest absolute Gasteiger partial charge is 0.496 e. The van der Waals surface area contributed by atoms with Crippen molar-refractivity contribution in [3.05, 3.63) is 17.7 Å². The van der Waals surface area contributed by atoms with Gasteiger partial charge in [-0.3, -0.25) is 4.79 Å². The van der Waals surface area contributed by atoms with Gasteiger partial charge in [-0.05, 0) is 37.3 Å². The Balaban J connectivity index is 2.78. The first-order chi connectivity index (χ1) is 12.0. The number of aliphatic carboxylic acids is 1. The Bertz CT molecular complexity index is 547. The lowest BCUT2D eigenvalue weighted by Crippen LogP contribution is -2.25. The van der Waals surface area contributed by atoms with Gasteiger partial charge in [-0.1, -0.05) is 19.8 Å². The molecule has 0 aliphatic heterocycles. The summed E-state index contributed by atoms with van der Waals surface area (Å²) in [5.74, 6) is 1.21. The highest BCUT2D eigenvalue weighted by molar-refractivity contribution is 5.70. The van der Waals surface area contributed by atoms with Gasteiger partial charge in [0.25, 0.3) is 0 Å². The van der Waals surface area contributed by atoms with Gasteiger partial charge in [-0.2, -0.15) is 0 Å². The standard InChI is InChI=1S/C19H31NO5/c1-5-13(11-14(12-20)19(21)22)7-6-8-15-16(23-2)9-10-17(24-3)18(15)25-4/h9-10,13-14H,5-8,11-12,20H2,1-4H3,(H,21,22). The second-order valence-electron chi connectivity index (χ2n) is 6.15. The summed E-state index contributed by atoms with van der Waals surface area (Å²) in [6, 6.07) is 3.71. The fourth-order valence-electron chi connectivity index (χ4n) is 3.16. The van der Waals surface area contributed by atoms with Crippen molar-refractivity contribution in [2.45, 2.75) is 39.0 Å². The van der Waals surface area contributed by atoms with Crippen LogP contribution in [-0.2, 0) is 11.2 Å². The monoisotopic (exact) mass is 353 g/mol. The van der Waals surface area contributed by atoms with Crippen molar-refractivity contribution in [3.63, 3.8) is 0 Å². The minimum Gasteiger partial charge on any atom is -0.496 e. The SMILES string of the molecule is CCC(CCCc1c(OC)ccc(OC)c1OC)CC(CN)C(=O)O. The number of methoxy groups -OCH3 is 3. The predicted molar refractivity (Wildman–Crippen MR) is 97.6 cm³/mol. The van der Waals surface area contributed by atoms with Crippen molar-refractivity contribution in [3.8, 4) is 17.2 Å². The number of hydrogen-bond acceptors (Lipinski definition) is 5. The number of carboxylic acid groups (broad SMARTS) is 1. The highest BCUT2D eigenvalue weighted by Crippen LogP contribution is 2.38. The fraction of sp³-hybridized carbons (Fsp3) is 0.632. The van der Waals surface area contributed by atoms with Gasteiger partial charge in [-0.25, -0.2) is 0 Å². The zero-order valence-corrected chi connectivity index (χ0v) is 15.7. The van der Waals surface area contributed by atoms with E-state index in [1.54, 1.807) is 21.3 Å². The fourth-order valence-corrected chi connectivity index (χ4v) is 3.16. The first-order valence-corrected chi connectivity index (χ1v) is 8.72. The third kappa shape index (κ3) is 5.81. The molecule has 0 fully saturated rings. The van der Waals surface area contributed by atoms with E-state index in [0.29, 0.717) is 23.8 Å². The molecule has 6 nitrogen and oxygen atoms in total. The number of carbonyl (C=O) groups is 1. The maximum Gasteiger partial charge on any atom is 0.307 e. The van der Waals surface area contributed by atoms with Crippen molar-refractivity contribution in [2.75, 3.05) is 27.9 Å². The molecule has 0 aliphatic carbocycles. The maximum atomic E-state index is 11.2. The van der Waals surface area contributed by atoms with Crippen LogP contribution in [0.2, 0.25) is 0 Å². The molecule has 0 spiro atoms. The van der Waals surface area contributed by atoms with Crippen molar-refractivity contribution in [1.29, 1.82) is 0 Å². The molecule has 0 bridgehead atoms. The number of rotatable bonds is 12. The van der Waals surface area contributed by atoms with Gasteiger partial charge < -0.3 is 25.1 Å². The lowest BCUT2D eigenvalue weighted by molar-refractivity contribution is -0.142. The molecule has 142 valence electrons. The van der Waals surface area contributed by atoms with Gasteiger partial charge in [0, 0.05) is 12.1 Å². The zero-order chi connectivity index (χ0) is 18.8. The van der Waals surface area contributed by atoms with Crippen LogP contribution in [0, 0.1) is 11.8 Å². The van der Waals surface area contributed by atoms with E-state index < -0.39 is 11.9 Å². The molecule has 2 unspecified atom stereocenters. The lowest BCUT2D eigenvalue weighted by Gasteiger charge is -2.20. The van der Waals surface area contributed by atoms with E-state index in [0.717, 1.165) is 37.0 Å². The molecule has 0 saturated carbocycles. The molecule has 1 rings (SSSR count). The minimum absolute atomic E-state index is 0.184. The molecule has 0 radical (unpaired) electrons. The van der Waals surface area contributed by atoms with Crippen molar-refractivity contribution in [1.82, 2.24) is 0 Å². The Labute approximate surface area is 150 Å². The van der Waals surface area contributed by atoms with E-state index in [-0.39, 0.29) is 6.54 Å². The van der Waals surface area contributed by atoms with Gasteiger partial charge in [0.1, 0.15) is 5.75 Å². The number of nitrogens with two attached hydrogens (primary N) is 1. The summed E-state index contributed by atoms with van der Waals surface area (Å²) in [6.07, 6.45) is 4.18. The topological polar surface area (TPSA) is 91.0 Å². The van der Waals surface area contributed by atoms with Gasteiger partial charge in [-0.15, -0.1) is 0 Å². The van der Waals surface area contributed by atoms with E-state index in [2.05, 4.69) is 6.92 Å². The third-order valence-corrected chi connectivity index (χ3v) is 4.69. The van der Waals surface area contributed by atoms with E-state index in [1.807, 2.05) is 12.1 Å². The molecule has 0 aliphatic rings. The molecule has 1 aromatic carbocycles. The molecule has 6 heteroatoms. The van der Waals surface area contributed by atoms with E-state index >= 15 is 0 Å². The van der Waals surface area contributed by atoms with Crippen LogP contribution in [-0.4, -0.2) is 38.9 Å². The summed E-state index contributed by atoms with van der Waals surface area (Å²) in [5, 5.41) is 9.19. The van der Waals surface area contributed by atoms with Gasteiger partial charge in [0.05, 0.1) is 27.2 Å². The second-order valence-corrected chi connectivity index (χ2v) is 6.15. The summed E-state index contributed by atoms with van der Waals surface area (Å²) in [4.78, 5) is 11.2. The van der Waals surface area contributed by atoms with Crippen LogP contribution in [0.5, 0.6) is 17.2 Å². The number of hydrogen-bond donors (Lipinski definition) is 2. The molecule has 0 amide bonds. The Hall–Kier alpha value is -1.95. The van der Waals surface area contributed by atoms with Gasteiger partial charge in [0.15, 0.2) is 11.5 Å². The van der Waals surface area contributed by atoms with Crippen molar-refractivity contribution < 1.29 is 24.1 Å². The Morgan fingerprint density at radius 1 is 1.16 bits per heavy atom. The van der Waals surface area contributed by atoms with Crippen LogP contribution >= 0.6 is 0 Å². The predicted octanol–water partition coefficient (Wildman–Crippen LogP) is 3.11. The molecule has 0 heterocycles. The molecule has 25 heavy (non-hydrogen) atoms. The van der Waals surface area contributed by atoms with Crippen LogP contribution in [0.3, 0.4) is 0 Å². The first kappa shape index (κ1) is 21.1. The van der Waals surface area contributed by atoms with Crippen LogP contribution in [0.4, 0.5) is 0 Å². The normalized spacial score (nSPS) is 13.2. The number of ether oxygens (including phenoxy) is 3. The quantitative estimate of drug-likeness (QED) is 0.600. The highest BCUT2D eigenvalue weighted by Gasteiger charge is 2.21. The Kier molecular flexibility index (Phi) is 9.13. The van der Waals surface area contributed by atoms with Gasteiger partial charge in [0.2, 0.25) is 0 Å². The summed E-state index contributed by atoms with van der Waals surface area (Å²) >= 11 is 0. The number of benzene rings is 1. The Morgan fingerprint density at radius 3 is 2.28 bits per heavy atom. The first-order valence-electron chi connectivity index (χ1n) is 8.72. The molecule has 0 saturated heterocycles. The van der Waals surface area contributed by atoms with Crippen LogP contribution in [0.1, 0.15) is 38.2 Å². The lowest BCUT2D eigenvalue weighted by atomic mass is 9.88. The summed E-state index contributed by atoms with van der Waals surface area (Å²) < 4.78 is 16.3. The van der Waals surface area contributed by atoms with E-state index in [9.17, 15) is 9.90 Å². The average molecular weight is 353 g/mol. The molecule has 1 aromatic rings. The van der Waals surface area contributed by atoms with Crippen molar-refractivity contribution >= 4 is 5.97 Å². The third-order valence-electron chi connectivity index (χ3n) is 4.69. The molecular weight excluding hydrogens is 322 g/mol. The van der Waals surface area contributed by atoms with Crippen LogP contribution in [0.15, 0.2) is 12.1 Å². The second kappa shape index (κ2) is 10.8. The summed E-state index contributed by atoms with van der Waals surface area (Å²) in [5.41, 5.74) is 6.56. The summed E-state index contributed by atoms with van der Waals surface area (Å²) in [6.45, 7) is 2.27. The minimum atomic E-state index is -0.808. The highest BCUT2D eigenvalue weighted by atomic mass is 16.5. The Morgan fingerprint density at radius 2 is 1.80 bits per heavy atom. The maximum absolute atomic E-state index is 11.2. The molecule has 3 N–H and O–H groups in total. The van der Waals surface area contributed by atoms with Crippen molar-refractivity contribution in [2.24, 2.45) is 17.6 Å². The van der Waals surface area contributed by atoms with Crippen LogP contribution in [0.25, 0.3) is 0 Å². The van der Waals surface area contributed by atoms with E-state index in [4.69, 9.17) is 19.9 Å². The van der Waals surface area contributed by atoms with Gasteiger partial charge >= 0.3 is 5.97 Å². The van der Waals surface area contributed by atoms with E-state index in [1.165, 1.54) is 0 Å². The number of carboxylic acids is 1. The molecule has 0 aromatic heterocycles.